The first-order valence-corrected chi connectivity index (χ1v) is 5.36. The third-order valence-electron chi connectivity index (χ3n) is 1.76. The Bertz CT molecular complexity index is 558. The summed E-state index contributed by atoms with van der Waals surface area (Å²) < 4.78 is 5.22. The van der Waals surface area contributed by atoms with Crippen LogP contribution in [0.15, 0.2) is 26.8 Å². The van der Waals surface area contributed by atoms with Crippen LogP contribution in [0.1, 0.15) is 17.1 Å². The standard InChI is InChI=1S/C10H8N4OS/c1-6-3-8(5-11)4-9(12-6)16-10-14-13-7(2)15-10/h3-4H,1-2H3. The van der Waals surface area contributed by atoms with Gasteiger partial charge in [0.15, 0.2) is 0 Å². The molecule has 80 valence electrons. The minimum atomic E-state index is 0.430. The normalized spacial score (nSPS) is 10.1. The van der Waals surface area contributed by atoms with E-state index >= 15 is 0 Å². The van der Waals surface area contributed by atoms with Gasteiger partial charge in [-0.3, -0.25) is 0 Å². The fourth-order valence-electron chi connectivity index (χ4n) is 1.16. The smallest absolute Gasteiger partial charge is 0.282 e. The van der Waals surface area contributed by atoms with Gasteiger partial charge in [0.05, 0.1) is 11.6 Å². The van der Waals surface area contributed by atoms with Gasteiger partial charge in [-0.25, -0.2) is 4.98 Å². The summed E-state index contributed by atoms with van der Waals surface area (Å²) in [6.07, 6.45) is 0. The summed E-state index contributed by atoms with van der Waals surface area (Å²) in [6, 6.07) is 5.50. The summed E-state index contributed by atoms with van der Waals surface area (Å²) in [7, 11) is 0. The van der Waals surface area contributed by atoms with E-state index in [2.05, 4.69) is 21.3 Å². The van der Waals surface area contributed by atoms with Crippen LogP contribution in [0.4, 0.5) is 0 Å². The van der Waals surface area contributed by atoms with Gasteiger partial charge in [0.2, 0.25) is 5.89 Å². The number of hydrogen-bond acceptors (Lipinski definition) is 6. The first-order valence-electron chi connectivity index (χ1n) is 4.54. The highest BCUT2D eigenvalue weighted by Crippen LogP contribution is 2.25. The number of rotatable bonds is 2. The quantitative estimate of drug-likeness (QED) is 0.789. The molecule has 0 atom stereocenters. The third kappa shape index (κ3) is 2.38. The molecule has 0 saturated carbocycles. The molecule has 5 nitrogen and oxygen atoms in total. The fraction of sp³-hybridized carbons (Fsp3) is 0.200. The topological polar surface area (TPSA) is 75.6 Å². The molecule has 2 rings (SSSR count). The second kappa shape index (κ2) is 4.33. The van der Waals surface area contributed by atoms with E-state index in [0.717, 1.165) is 5.69 Å². The van der Waals surface area contributed by atoms with E-state index in [1.54, 1.807) is 19.1 Å². The molecule has 0 spiro atoms. The number of hydrogen-bond donors (Lipinski definition) is 0. The Balaban J connectivity index is 2.28. The zero-order valence-electron chi connectivity index (χ0n) is 8.76. The van der Waals surface area contributed by atoms with Gasteiger partial charge < -0.3 is 4.42 Å². The SMILES string of the molecule is Cc1cc(C#N)cc(Sc2nnc(C)o2)n1. The summed E-state index contributed by atoms with van der Waals surface area (Å²) in [5.41, 5.74) is 1.36. The Morgan fingerprint density at radius 1 is 1.31 bits per heavy atom. The van der Waals surface area contributed by atoms with Crippen LogP contribution in [0, 0.1) is 25.2 Å². The van der Waals surface area contributed by atoms with Crippen LogP contribution in [0.5, 0.6) is 0 Å². The lowest BCUT2D eigenvalue weighted by Gasteiger charge is -1.98. The molecule has 0 aromatic carbocycles. The predicted molar refractivity (Wildman–Crippen MR) is 56.8 cm³/mol. The average Bonchev–Trinajstić information content (AvgIpc) is 2.63. The summed E-state index contributed by atoms with van der Waals surface area (Å²) in [4.78, 5) is 4.27. The minimum Gasteiger partial charge on any atom is -0.416 e. The fourth-order valence-corrected chi connectivity index (χ4v) is 1.96. The summed E-state index contributed by atoms with van der Waals surface area (Å²) in [5.74, 6) is 0.510. The van der Waals surface area contributed by atoms with Crippen molar-refractivity contribution in [1.29, 1.82) is 5.26 Å². The third-order valence-corrected chi connectivity index (χ3v) is 2.52. The molecule has 0 radical (unpaired) electrons. The van der Waals surface area contributed by atoms with Gasteiger partial charge >= 0.3 is 0 Å². The predicted octanol–water partition coefficient (Wildman–Crippen LogP) is 2.10. The number of nitriles is 1. The van der Waals surface area contributed by atoms with E-state index in [0.29, 0.717) is 21.7 Å². The highest BCUT2D eigenvalue weighted by atomic mass is 32.2. The molecule has 6 heteroatoms. The zero-order chi connectivity index (χ0) is 11.5. The summed E-state index contributed by atoms with van der Waals surface area (Å²) in [6.45, 7) is 3.56. The number of aryl methyl sites for hydroxylation is 2. The van der Waals surface area contributed by atoms with Crippen molar-refractivity contribution in [3.05, 3.63) is 29.3 Å². The van der Waals surface area contributed by atoms with Crippen molar-refractivity contribution in [2.24, 2.45) is 0 Å². The molecule has 2 aromatic rings. The molecular weight excluding hydrogens is 224 g/mol. The molecule has 0 bridgehead atoms. The van der Waals surface area contributed by atoms with E-state index in [9.17, 15) is 0 Å². The Kier molecular flexibility index (Phi) is 2.88. The maximum absolute atomic E-state index is 8.82. The Morgan fingerprint density at radius 2 is 2.12 bits per heavy atom. The molecule has 16 heavy (non-hydrogen) atoms. The van der Waals surface area contributed by atoms with E-state index in [-0.39, 0.29) is 0 Å². The maximum Gasteiger partial charge on any atom is 0.282 e. The number of aromatic nitrogens is 3. The zero-order valence-corrected chi connectivity index (χ0v) is 9.58. The highest BCUT2D eigenvalue weighted by molar-refractivity contribution is 7.99. The van der Waals surface area contributed by atoms with Gasteiger partial charge in [0, 0.05) is 12.6 Å². The molecule has 0 amide bonds. The van der Waals surface area contributed by atoms with E-state index in [1.807, 2.05) is 6.92 Å². The minimum absolute atomic E-state index is 0.430. The van der Waals surface area contributed by atoms with Crippen LogP contribution in [-0.4, -0.2) is 15.2 Å². The van der Waals surface area contributed by atoms with Gasteiger partial charge in [-0.1, -0.05) is 0 Å². The molecular formula is C10H8N4OS. The molecule has 0 fully saturated rings. The molecule has 0 N–H and O–H groups in total. The highest BCUT2D eigenvalue weighted by Gasteiger charge is 2.07. The molecule has 0 aliphatic carbocycles. The number of pyridine rings is 1. The van der Waals surface area contributed by atoms with Gasteiger partial charge in [0.1, 0.15) is 5.03 Å². The van der Waals surface area contributed by atoms with Gasteiger partial charge in [-0.05, 0) is 30.8 Å². The summed E-state index contributed by atoms with van der Waals surface area (Å²) >= 11 is 1.25. The summed E-state index contributed by atoms with van der Waals surface area (Å²) in [5, 5.41) is 17.5. The van der Waals surface area contributed by atoms with Crippen LogP contribution >= 0.6 is 11.8 Å². The largest absolute Gasteiger partial charge is 0.416 e. The van der Waals surface area contributed by atoms with Gasteiger partial charge in [-0.15, -0.1) is 10.2 Å². The van der Waals surface area contributed by atoms with Crippen LogP contribution in [0.3, 0.4) is 0 Å². The van der Waals surface area contributed by atoms with E-state index in [1.165, 1.54) is 11.8 Å². The van der Waals surface area contributed by atoms with Crippen molar-refractivity contribution in [3.63, 3.8) is 0 Å². The van der Waals surface area contributed by atoms with Crippen molar-refractivity contribution < 1.29 is 4.42 Å². The van der Waals surface area contributed by atoms with Crippen molar-refractivity contribution >= 4 is 11.8 Å². The lowest BCUT2D eigenvalue weighted by molar-refractivity contribution is 0.429. The Hall–Kier alpha value is -1.87. The van der Waals surface area contributed by atoms with Crippen LogP contribution in [0.25, 0.3) is 0 Å². The van der Waals surface area contributed by atoms with Crippen LogP contribution in [-0.2, 0) is 0 Å². The van der Waals surface area contributed by atoms with Gasteiger partial charge in [0.25, 0.3) is 5.22 Å². The van der Waals surface area contributed by atoms with Crippen molar-refractivity contribution in [3.8, 4) is 6.07 Å². The maximum atomic E-state index is 8.82. The molecule has 0 saturated heterocycles. The van der Waals surface area contributed by atoms with E-state index < -0.39 is 0 Å². The Labute approximate surface area is 96.5 Å². The van der Waals surface area contributed by atoms with Crippen molar-refractivity contribution in [1.82, 2.24) is 15.2 Å². The van der Waals surface area contributed by atoms with Gasteiger partial charge in [-0.2, -0.15) is 5.26 Å². The van der Waals surface area contributed by atoms with Crippen LogP contribution < -0.4 is 0 Å². The second-order valence-corrected chi connectivity index (χ2v) is 4.11. The molecule has 0 aliphatic heterocycles. The van der Waals surface area contributed by atoms with Crippen LogP contribution in [0.2, 0.25) is 0 Å². The Morgan fingerprint density at radius 3 is 2.75 bits per heavy atom. The molecule has 0 aliphatic rings. The monoisotopic (exact) mass is 232 g/mol. The second-order valence-electron chi connectivity index (χ2n) is 3.14. The molecule has 0 unspecified atom stereocenters. The lowest BCUT2D eigenvalue weighted by atomic mass is 10.2. The first-order chi connectivity index (χ1) is 7.67. The number of nitrogens with zero attached hydrogens (tertiary/aromatic N) is 4. The van der Waals surface area contributed by atoms with Crippen molar-refractivity contribution in [2.75, 3.05) is 0 Å². The average molecular weight is 232 g/mol. The lowest BCUT2D eigenvalue weighted by Crippen LogP contribution is -1.87. The molecule has 2 aromatic heterocycles. The van der Waals surface area contributed by atoms with Crippen molar-refractivity contribution in [2.45, 2.75) is 24.1 Å². The first kappa shape index (κ1) is 10.6. The molecule has 2 heterocycles. The van der Waals surface area contributed by atoms with E-state index in [4.69, 9.17) is 9.68 Å².